The Labute approximate surface area is 132 Å². The van der Waals surface area contributed by atoms with Crippen LogP contribution in [-0.2, 0) is 19.1 Å². The zero-order valence-corrected chi connectivity index (χ0v) is 14.0. The third kappa shape index (κ3) is 2.96. The highest BCUT2D eigenvalue weighted by Crippen LogP contribution is 2.53. The van der Waals surface area contributed by atoms with Crippen LogP contribution in [0.25, 0.3) is 0 Å². The van der Waals surface area contributed by atoms with Crippen LogP contribution in [0.2, 0.25) is 0 Å². The Morgan fingerprint density at radius 1 is 1.36 bits per heavy atom. The molecule has 0 aliphatic heterocycles. The van der Waals surface area contributed by atoms with E-state index in [1.807, 2.05) is 0 Å². The van der Waals surface area contributed by atoms with Crippen molar-refractivity contribution >= 4 is 11.9 Å². The molecule has 3 atom stereocenters. The van der Waals surface area contributed by atoms with E-state index in [1.165, 1.54) is 25.2 Å². The predicted octanol–water partition coefficient (Wildman–Crippen LogP) is 3.56. The fourth-order valence-electron chi connectivity index (χ4n) is 4.06. The van der Waals surface area contributed by atoms with Crippen molar-refractivity contribution < 1.29 is 19.1 Å². The molecule has 0 aromatic heterocycles. The van der Waals surface area contributed by atoms with E-state index < -0.39 is 0 Å². The summed E-state index contributed by atoms with van der Waals surface area (Å²) in [6, 6.07) is 0. The number of methoxy groups -OCH3 is 1. The number of carbonyl (C=O) groups excluding carboxylic acids is 2. The van der Waals surface area contributed by atoms with Gasteiger partial charge >= 0.3 is 11.9 Å². The highest BCUT2D eigenvalue weighted by molar-refractivity contribution is 5.88. The summed E-state index contributed by atoms with van der Waals surface area (Å²) in [6.07, 6.45) is 4.47. The average molecular weight is 306 g/mol. The molecule has 2 aliphatic carbocycles. The molecule has 122 valence electrons. The van der Waals surface area contributed by atoms with Crippen molar-refractivity contribution in [2.24, 2.45) is 11.3 Å². The summed E-state index contributed by atoms with van der Waals surface area (Å²) >= 11 is 0. The number of hydrogen-bond acceptors (Lipinski definition) is 4. The number of carbonyl (C=O) groups is 2. The lowest BCUT2D eigenvalue weighted by Gasteiger charge is -2.48. The quantitative estimate of drug-likeness (QED) is 0.454. The van der Waals surface area contributed by atoms with Crippen molar-refractivity contribution in [2.45, 2.75) is 59.0 Å². The molecule has 1 fully saturated rings. The number of rotatable bonds is 3. The minimum absolute atomic E-state index is 0.0204. The molecule has 4 heteroatoms. The Morgan fingerprint density at radius 2 is 2.05 bits per heavy atom. The lowest BCUT2D eigenvalue weighted by molar-refractivity contribution is -0.155. The lowest BCUT2D eigenvalue weighted by Crippen LogP contribution is -2.45. The van der Waals surface area contributed by atoms with Crippen LogP contribution in [-0.4, -0.2) is 25.2 Å². The Hall–Kier alpha value is -1.58. The molecule has 0 bridgehead atoms. The minimum Gasteiger partial charge on any atom is -0.466 e. The highest BCUT2D eigenvalue weighted by Gasteiger charge is 2.48. The monoisotopic (exact) mass is 306 g/mol. The van der Waals surface area contributed by atoms with Crippen molar-refractivity contribution in [3.8, 4) is 0 Å². The van der Waals surface area contributed by atoms with Crippen molar-refractivity contribution in [2.75, 3.05) is 7.11 Å². The van der Waals surface area contributed by atoms with E-state index in [-0.39, 0.29) is 29.4 Å². The molecule has 2 aliphatic rings. The topological polar surface area (TPSA) is 52.6 Å². The zero-order valence-electron chi connectivity index (χ0n) is 14.0. The minimum atomic E-state index is -0.371. The van der Waals surface area contributed by atoms with Gasteiger partial charge in [-0.25, -0.2) is 4.79 Å². The molecular weight excluding hydrogens is 280 g/mol. The van der Waals surface area contributed by atoms with Crippen molar-refractivity contribution in [1.29, 1.82) is 0 Å². The smallest absolute Gasteiger partial charge is 0.333 e. The van der Waals surface area contributed by atoms with Gasteiger partial charge in [0.15, 0.2) is 0 Å². The van der Waals surface area contributed by atoms with Gasteiger partial charge in [0.05, 0.1) is 7.11 Å². The lowest BCUT2D eigenvalue weighted by atomic mass is 9.59. The van der Waals surface area contributed by atoms with E-state index in [0.29, 0.717) is 12.0 Å². The summed E-state index contributed by atoms with van der Waals surface area (Å²) in [5.41, 5.74) is 3.08. The zero-order chi connectivity index (χ0) is 16.5. The van der Waals surface area contributed by atoms with Crippen molar-refractivity contribution in [1.82, 2.24) is 0 Å². The second kappa shape index (κ2) is 6.27. The molecule has 0 radical (unpaired) electrons. The maximum Gasteiger partial charge on any atom is 0.333 e. The number of esters is 2. The molecule has 0 aromatic carbocycles. The maximum absolute atomic E-state index is 11.8. The van der Waals surface area contributed by atoms with E-state index >= 15 is 0 Å². The second-order valence-electron chi connectivity index (χ2n) is 6.78. The molecule has 4 nitrogen and oxygen atoms in total. The van der Waals surface area contributed by atoms with Crippen LogP contribution in [0.15, 0.2) is 23.3 Å². The summed E-state index contributed by atoms with van der Waals surface area (Å²) in [5, 5.41) is 0. The number of ether oxygens (including phenoxy) is 2. The summed E-state index contributed by atoms with van der Waals surface area (Å²) in [4.78, 5) is 23.3. The first kappa shape index (κ1) is 16.8. The Morgan fingerprint density at radius 3 is 2.64 bits per heavy atom. The molecule has 22 heavy (non-hydrogen) atoms. The Kier molecular flexibility index (Phi) is 4.78. The van der Waals surface area contributed by atoms with E-state index in [4.69, 9.17) is 9.47 Å². The van der Waals surface area contributed by atoms with Gasteiger partial charge in [0, 0.05) is 17.9 Å². The van der Waals surface area contributed by atoms with E-state index in [1.54, 1.807) is 0 Å². The standard InChI is InChI=1S/C18H26O4/c1-11-7-6-8-18(4)15(11)9-14(12(2)17(20)21-5)10-16(18)22-13(3)19/h14,16H,2,6-10H2,1,3-5H3. The van der Waals surface area contributed by atoms with Gasteiger partial charge in [-0.3, -0.25) is 4.79 Å². The second-order valence-corrected chi connectivity index (χ2v) is 6.78. The third-order valence-corrected chi connectivity index (χ3v) is 5.36. The molecule has 1 saturated carbocycles. The Balaban J connectivity index is 2.35. The van der Waals surface area contributed by atoms with Gasteiger partial charge in [-0.2, -0.15) is 0 Å². The fraction of sp³-hybridized carbons (Fsp3) is 0.667. The van der Waals surface area contributed by atoms with E-state index in [9.17, 15) is 9.59 Å². The first-order chi connectivity index (χ1) is 10.3. The first-order valence-electron chi connectivity index (χ1n) is 7.93. The number of hydrogen-bond donors (Lipinski definition) is 0. The van der Waals surface area contributed by atoms with Gasteiger partial charge in [-0.15, -0.1) is 0 Å². The summed E-state index contributed by atoms with van der Waals surface area (Å²) < 4.78 is 10.4. The van der Waals surface area contributed by atoms with Crippen LogP contribution in [0.1, 0.15) is 52.9 Å². The maximum atomic E-state index is 11.8. The predicted molar refractivity (Wildman–Crippen MR) is 84.1 cm³/mol. The molecule has 2 rings (SSSR count). The largest absolute Gasteiger partial charge is 0.466 e. The van der Waals surface area contributed by atoms with Crippen molar-refractivity contribution in [3.05, 3.63) is 23.3 Å². The molecule has 0 amide bonds. The van der Waals surface area contributed by atoms with Gasteiger partial charge in [-0.05, 0) is 44.9 Å². The van der Waals surface area contributed by atoms with Gasteiger partial charge in [0.25, 0.3) is 0 Å². The van der Waals surface area contributed by atoms with E-state index in [2.05, 4.69) is 20.4 Å². The highest BCUT2D eigenvalue weighted by atomic mass is 16.5. The van der Waals surface area contributed by atoms with Crippen LogP contribution >= 0.6 is 0 Å². The van der Waals surface area contributed by atoms with Crippen LogP contribution in [0, 0.1) is 11.3 Å². The van der Waals surface area contributed by atoms with E-state index in [0.717, 1.165) is 25.7 Å². The SMILES string of the molecule is C=C(C(=O)OC)C1CC2=C(C)CCCC2(C)C(OC(C)=O)C1. The third-order valence-electron chi connectivity index (χ3n) is 5.36. The normalized spacial score (nSPS) is 31.3. The molecule has 3 unspecified atom stereocenters. The molecular formula is C18H26O4. The van der Waals surface area contributed by atoms with Gasteiger partial charge in [0.1, 0.15) is 6.10 Å². The summed E-state index contributed by atoms with van der Waals surface area (Å²) in [7, 11) is 1.37. The van der Waals surface area contributed by atoms with Crippen LogP contribution in [0.5, 0.6) is 0 Å². The average Bonchev–Trinajstić information content (AvgIpc) is 2.46. The van der Waals surface area contributed by atoms with Gasteiger partial charge < -0.3 is 9.47 Å². The van der Waals surface area contributed by atoms with Gasteiger partial charge in [0.2, 0.25) is 0 Å². The molecule has 0 spiro atoms. The molecule has 0 saturated heterocycles. The summed E-state index contributed by atoms with van der Waals surface area (Å²) in [5.74, 6) is -0.657. The fourth-order valence-corrected chi connectivity index (χ4v) is 4.06. The number of fused-ring (bicyclic) bond motifs is 1. The van der Waals surface area contributed by atoms with Crippen LogP contribution in [0.4, 0.5) is 0 Å². The Bertz CT molecular complexity index is 531. The van der Waals surface area contributed by atoms with Gasteiger partial charge in [-0.1, -0.05) is 24.6 Å². The molecule has 0 aromatic rings. The van der Waals surface area contributed by atoms with Crippen LogP contribution in [0.3, 0.4) is 0 Å². The van der Waals surface area contributed by atoms with Crippen LogP contribution < -0.4 is 0 Å². The first-order valence-corrected chi connectivity index (χ1v) is 7.93. The summed E-state index contributed by atoms with van der Waals surface area (Å²) in [6.45, 7) is 9.70. The van der Waals surface area contributed by atoms with Crippen molar-refractivity contribution in [3.63, 3.8) is 0 Å². The number of allylic oxidation sites excluding steroid dienone is 1. The molecule has 0 N–H and O–H groups in total. The molecule has 0 heterocycles.